The Morgan fingerprint density at radius 3 is 2.57 bits per heavy atom. The van der Waals surface area contributed by atoms with Crippen LogP contribution in [-0.4, -0.2) is 65.2 Å². The zero-order valence-electron chi connectivity index (χ0n) is 23.6. The van der Waals surface area contributed by atoms with Gasteiger partial charge < -0.3 is 31.2 Å². The van der Waals surface area contributed by atoms with Crippen molar-refractivity contribution in [2.75, 3.05) is 13.1 Å². The fourth-order valence-electron chi connectivity index (χ4n) is 7.01. The molecule has 8 nitrogen and oxygen atoms in total. The molecule has 1 saturated heterocycles. The maximum absolute atomic E-state index is 14.6. The first-order valence-corrected chi connectivity index (χ1v) is 14.4. The number of benzene rings is 1. The molecule has 3 heterocycles. The fourth-order valence-corrected chi connectivity index (χ4v) is 7.01. The largest absolute Gasteiger partial charge is 0.490 e. The highest BCUT2D eigenvalue weighted by Crippen LogP contribution is 2.52. The van der Waals surface area contributed by atoms with E-state index in [1.807, 2.05) is 18.2 Å². The molecule has 42 heavy (non-hydrogen) atoms. The van der Waals surface area contributed by atoms with Gasteiger partial charge in [0.25, 0.3) is 0 Å². The first kappa shape index (κ1) is 28.5. The summed E-state index contributed by atoms with van der Waals surface area (Å²) in [4.78, 5) is 13.6. The maximum Gasteiger partial charge on any atom is 0.431 e. The van der Waals surface area contributed by atoms with Crippen molar-refractivity contribution in [2.24, 2.45) is 22.2 Å². The van der Waals surface area contributed by atoms with Gasteiger partial charge in [-0.25, -0.2) is 0 Å². The molecule has 2 fully saturated rings. The predicted octanol–water partition coefficient (Wildman–Crippen LogP) is 3.77. The topological polar surface area (TPSA) is 112 Å². The average Bonchev–Trinajstić information content (AvgIpc) is 3.39. The Labute approximate surface area is 242 Å². The quantitative estimate of drug-likeness (QED) is 0.406. The number of nitrogens with two attached hydrogens (primary N) is 1. The second kappa shape index (κ2) is 10.3. The Bertz CT molecular complexity index is 1410. The number of aliphatic hydroxyl groups is 1. The summed E-state index contributed by atoms with van der Waals surface area (Å²) in [7, 11) is 0. The van der Waals surface area contributed by atoms with Crippen LogP contribution in [0.25, 0.3) is 5.57 Å². The van der Waals surface area contributed by atoms with Gasteiger partial charge in [-0.1, -0.05) is 36.4 Å². The van der Waals surface area contributed by atoms with E-state index in [-0.39, 0.29) is 22.8 Å². The lowest BCUT2D eigenvalue weighted by molar-refractivity contribution is -0.126. The molecule has 3 aliphatic heterocycles. The van der Waals surface area contributed by atoms with Crippen molar-refractivity contribution in [1.29, 1.82) is 0 Å². The van der Waals surface area contributed by atoms with Crippen molar-refractivity contribution in [3.05, 3.63) is 71.1 Å². The molecule has 1 aromatic carbocycles. The van der Waals surface area contributed by atoms with Crippen LogP contribution < -0.4 is 21.2 Å². The predicted molar refractivity (Wildman–Crippen MR) is 153 cm³/mol. The number of amides is 1. The second-order valence-corrected chi connectivity index (χ2v) is 12.4. The number of fused-ring (bicyclic) bond motifs is 1. The Morgan fingerprint density at radius 2 is 1.90 bits per heavy atom. The number of hydrogen-bond donors (Lipinski definition) is 4. The van der Waals surface area contributed by atoms with Gasteiger partial charge in [0.05, 0.1) is 23.4 Å². The van der Waals surface area contributed by atoms with Gasteiger partial charge in [0, 0.05) is 23.3 Å². The third kappa shape index (κ3) is 5.02. The molecule has 2 aliphatic carbocycles. The van der Waals surface area contributed by atoms with E-state index in [1.54, 1.807) is 18.4 Å². The lowest BCUT2D eigenvalue weighted by Gasteiger charge is -2.50. The van der Waals surface area contributed by atoms with Crippen molar-refractivity contribution in [1.82, 2.24) is 15.6 Å². The van der Waals surface area contributed by atoms with Crippen LogP contribution in [0, 0.1) is 11.3 Å². The van der Waals surface area contributed by atoms with E-state index in [1.165, 1.54) is 26.0 Å². The van der Waals surface area contributed by atoms with E-state index in [0.717, 1.165) is 49.7 Å². The van der Waals surface area contributed by atoms with Crippen molar-refractivity contribution >= 4 is 17.7 Å². The number of halogens is 3. The first-order valence-electron chi connectivity index (χ1n) is 14.4. The summed E-state index contributed by atoms with van der Waals surface area (Å²) < 4.78 is 50.4. The molecule has 11 heteroatoms. The number of carbonyl (C=O) groups is 1. The molecule has 6 rings (SSSR count). The summed E-state index contributed by atoms with van der Waals surface area (Å²) in [5, 5.41) is 19.0. The minimum Gasteiger partial charge on any atom is -0.490 e. The van der Waals surface area contributed by atoms with Crippen molar-refractivity contribution in [3.8, 4) is 5.75 Å². The zero-order valence-corrected chi connectivity index (χ0v) is 23.6. The third-order valence-electron chi connectivity index (χ3n) is 9.06. The van der Waals surface area contributed by atoms with Crippen LogP contribution in [0.3, 0.4) is 0 Å². The average molecular weight is 584 g/mol. The number of rotatable bonds is 6. The lowest BCUT2D eigenvalue weighted by atomic mass is 9.61. The highest BCUT2D eigenvalue weighted by Gasteiger charge is 2.50. The zero-order chi connectivity index (χ0) is 29.9. The van der Waals surface area contributed by atoms with Gasteiger partial charge in [0.2, 0.25) is 5.91 Å². The van der Waals surface area contributed by atoms with E-state index in [0.29, 0.717) is 16.9 Å². The number of hydrogen-bond acceptors (Lipinski definition) is 7. The number of nitrogens with zero attached hydrogens (tertiary/aromatic N) is 2. The third-order valence-corrected chi connectivity index (χ3v) is 9.06. The number of hydrazone groups is 1. The summed E-state index contributed by atoms with van der Waals surface area (Å²) in [5.74, 6) is -0.910. The minimum absolute atomic E-state index is 0.0192. The molecule has 5 aliphatic rings. The number of carbonyl (C=O) groups excluding carboxylic acids is 1. The Hall–Kier alpha value is -3.57. The van der Waals surface area contributed by atoms with E-state index in [9.17, 15) is 23.1 Å². The number of primary amides is 1. The molecule has 3 unspecified atom stereocenters. The molecule has 3 atom stereocenters. The summed E-state index contributed by atoms with van der Waals surface area (Å²) in [6, 6.07) is 5.42. The highest BCUT2D eigenvalue weighted by atomic mass is 19.4. The van der Waals surface area contributed by atoms with Crippen LogP contribution in [0.1, 0.15) is 45.1 Å². The van der Waals surface area contributed by atoms with Crippen molar-refractivity contribution < 1.29 is 27.8 Å². The smallest absolute Gasteiger partial charge is 0.431 e. The highest BCUT2D eigenvalue weighted by molar-refractivity contribution is 5.93. The van der Waals surface area contributed by atoms with Gasteiger partial charge in [0.15, 0.2) is 0 Å². The molecular weight excluding hydrogens is 547 g/mol. The van der Waals surface area contributed by atoms with Gasteiger partial charge in [-0.2, -0.15) is 18.3 Å². The minimum atomic E-state index is -4.81. The van der Waals surface area contributed by atoms with Gasteiger partial charge in [-0.15, -0.1) is 0 Å². The van der Waals surface area contributed by atoms with Crippen LogP contribution in [0.4, 0.5) is 13.2 Å². The van der Waals surface area contributed by atoms with E-state index in [2.05, 4.69) is 15.8 Å². The molecule has 1 spiro atoms. The molecular formula is C31H36F3N5O3. The first-order chi connectivity index (χ1) is 19.9. The van der Waals surface area contributed by atoms with Crippen LogP contribution in [0.2, 0.25) is 0 Å². The van der Waals surface area contributed by atoms with E-state index < -0.39 is 41.4 Å². The number of alkyl halides is 3. The number of para-hydroxylation sites is 1. The van der Waals surface area contributed by atoms with Gasteiger partial charge in [0.1, 0.15) is 17.5 Å². The van der Waals surface area contributed by atoms with Gasteiger partial charge >= 0.3 is 6.18 Å². The summed E-state index contributed by atoms with van der Waals surface area (Å²) in [6.45, 7) is 5.00. The van der Waals surface area contributed by atoms with Crippen molar-refractivity contribution in [2.45, 2.75) is 69.5 Å². The summed E-state index contributed by atoms with van der Waals surface area (Å²) in [5.41, 5.74) is 7.70. The monoisotopic (exact) mass is 583 g/mol. The number of ether oxygens (including phenoxy) is 1. The van der Waals surface area contributed by atoms with E-state index in [4.69, 9.17) is 10.5 Å². The molecule has 0 bridgehead atoms. The Balaban J connectivity index is 1.52. The van der Waals surface area contributed by atoms with E-state index >= 15 is 0 Å². The molecule has 1 amide bonds. The van der Waals surface area contributed by atoms with Crippen LogP contribution in [0.15, 0.2) is 70.6 Å². The fraction of sp³-hybridized carbons (Fsp3) is 0.484. The Morgan fingerprint density at radius 1 is 1.19 bits per heavy atom. The van der Waals surface area contributed by atoms with Gasteiger partial charge in [-0.05, 0) is 75.8 Å². The van der Waals surface area contributed by atoms with Gasteiger partial charge in [-0.3, -0.25) is 4.79 Å². The lowest BCUT2D eigenvalue weighted by Crippen LogP contribution is -2.50. The molecule has 1 aromatic rings. The molecule has 0 aromatic heterocycles. The van der Waals surface area contributed by atoms with Crippen LogP contribution >= 0.6 is 0 Å². The summed E-state index contributed by atoms with van der Waals surface area (Å²) in [6.07, 6.45) is 5.99. The normalized spacial score (nSPS) is 27.3. The second-order valence-electron chi connectivity index (χ2n) is 12.4. The van der Waals surface area contributed by atoms with Crippen LogP contribution in [0.5, 0.6) is 5.75 Å². The van der Waals surface area contributed by atoms with Crippen LogP contribution in [-0.2, 0) is 4.79 Å². The molecule has 0 radical (unpaired) electrons. The standard InChI is InChI=1S/C31H36F3N5O3/c1-29(2,41)21-14-22-20(17-37-38-22)26(27(21)39-23(28(35)40)7-5-9-25(39)31(32,33)34)19-6-3-4-8-24(19)42-18-15-30(16-18)10-12-36-13-11-30/h3-9,14,17-18,20,22-23,36,38,41H,10-13,15-16H2,1-2H3,(H2,35,40). The number of piperidine rings is 1. The number of allylic oxidation sites excluding steroid dienone is 3. The maximum atomic E-state index is 14.6. The SMILES string of the molecule is CC(C)(O)C1=CC2NN=CC2C(c2ccccc2OC2CC3(CCNCC3)C2)=C1N1C(C(F)(F)F)=CC=CC1C(N)=O. The molecule has 224 valence electrons. The molecule has 5 N–H and O–H groups in total. The van der Waals surface area contributed by atoms with Crippen molar-refractivity contribution in [3.63, 3.8) is 0 Å². The summed E-state index contributed by atoms with van der Waals surface area (Å²) >= 11 is 0. The molecule has 1 saturated carbocycles. The Kier molecular flexibility index (Phi) is 7.00. The number of nitrogens with one attached hydrogen (secondary N) is 2.